The van der Waals surface area contributed by atoms with E-state index in [0.717, 1.165) is 17.3 Å². The van der Waals surface area contributed by atoms with Crippen LogP contribution in [-0.2, 0) is 0 Å². The van der Waals surface area contributed by atoms with Crippen molar-refractivity contribution in [1.82, 2.24) is 3.11 Å². The summed E-state index contributed by atoms with van der Waals surface area (Å²) in [6.07, 6.45) is 7.48. The second-order valence-electron chi connectivity index (χ2n) is 5.68. The van der Waals surface area contributed by atoms with Crippen LogP contribution in [-0.4, -0.2) is 16.2 Å². The largest absolute Gasteiger partial charge is 0.247 e. The van der Waals surface area contributed by atoms with E-state index in [1.54, 1.807) is 0 Å². The molecule has 0 aromatic heterocycles. The fraction of sp³-hybridized carbons (Fsp3) is 1.00. The quantitative estimate of drug-likeness (QED) is 0.525. The molecule has 0 radical (unpaired) electrons. The highest BCUT2D eigenvalue weighted by Gasteiger charge is 2.41. The van der Waals surface area contributed by atoms with Crippen molar-refractivity contribution >= 4 is 22.9 Å². The summed E-state index contributed by atoms with van der Waals surface area (Å²) in [6, 6.07) is 0. The van der Waals surface area contributed by atoms with Crippen LogP contribution in [0, 0.1) is 17.3 Å². The standard InChI is InChI=1S/C12H22IN/c1-10(2)11-8-12(4-3-5-12)6-7-14(13)9-11/h10-11H,3-9H2,1-2H3/t11-/m1/s1. The molecular formula is C12H22IN. The minimum Gasteiger partial charge on any atom is -0.247 e. The molecular weight excluding hydrogens is 285 g/mol. The highest BCUT2D eigenvalue weighted by Crippen LogP contribution is 2.51. The molecule has 0 unspecified atom stereocenters. The lowest BCUT2D eigenvalue weighted by atomic mass is 9.62. The van der Waals surface area contributed by atoms with Crippen LogP contribution in [0.2, 0.25) is 0 Å². The van der Waals surface area contributed by atoms with Gasteiger partial charge in [-0.1, -0.05) is 20.3 Å². The van der Waals surface area contributed by atoms with E-state index >= 15 is 0 Å². The lowest BCUT2D eigenvalue weighted by Gasteiger charge is -2.43. The maximum atomic E-state index is 2.52. The summed E-state index contributed by atoms with van der Waals surface area (Å²) in [5.41, 5.74) is 0.773. The van der Waals surface area contributed by atoms with Crippen LogP contribution in [0.3, 0.4) is 0 Å². The predicted molar refractivity (Wildman–Crippen MR) is 69.4 cm³/mol. The third-order valence-corrected chi connectivity index (χ3v) is 5.25. The lowest BCUT2D eigenvalue weighted by molar-refractivity contribution is 0.0858. The van der Waals surface area contributed by atoms with Crippen LogP contribution in [0.25, 0.3) is 0 Å². The molecule has 1 spiro atoms. The molecule has 0 aromatic carbocycles. The molecule has 0 bridgehead atoms. The van der Waals surface area contributed by atoms with Gasteiger partial charge in [0.05, 0.1) is 0 Å². The third kappa shape index (κ3) is 2.26. The van der Waals surface area contributed by atoms with Crippen molar-refractivity contribution < 1.29 is 0 Å². The molecule has 1 saturated heterocycles. The average molecular weight is 307 g/mol. The topological polar surface area (TPSA) is 3.24 Å². The van der Waals surface area contributed by atoms with E-state index in [1.165, 1.54) is 45.2 Å². The Balaban J connectivity index is 2.03. The van der Waals surface area contributed by atoms with E-state index in [0.29, 0.717) is 0 Å². The number of nitrogens with zero attached hydrogens (tertiary/aromatic N) is 1. The Morgan fingerprint density at radius 2 is 2.00 bits per heavy atom. The Labute approximate surface area is 102 Å². The van der Waals surface area contributed by atoms with Gasteiger partial charge in [0.2, 0.25) is 0 Å². The molecule has 1 saturated carbocycles. The molecule has 2 fully saturated rings. The van der Waals surface area contributed by atoms with Crippen LogP contribution in [0.1, 0.15) is 46.0 Å². The van der Waals surface area contributed by atoms with Crippen LogP contribution < -0.4 is 0 Å². The maximum Gasteiger partial charge on any atom is 0.0201 e. The van der Waals surface area contributed by atoms with Crippen molar-refractivity contribution in [3.8, 4) is 0 Å². The smallest absolute Gasteiger partial charge is 0.0201 e. The van der Waals surface area contributed by atoms with E-state index in [4.69, 9.17) is 0 Å². The maximum absolute atomic E-state index is 2.52. The number of hydrogen-bond acceptors (Lipinski definition) is 1. The molecule has 0 N–H and O–H groups in total. The average Bonchev–Trinajstić information content (AvgIpc) is 2.23. The van der Waals surface area contributed by atoms with Gasteiger partial charge in [0.1, 0.15) is 0 Å². The van der Waals surface area contributed by atoms with Gasteiger partial charge in [-0.25, -0.2) is 3.11 Å². The zero-order chi connectivity index (χ0) is 10.2. The minimum atomic E-state index is 0.773. The lowest BCUT2D eigenvalue weighted by Crippen LogP contribution is -2.32. The molecule has 82 valence electrons. The van der Waals surface area contributed by atoms with Gasteiger partial charge >= 0.3 is 0 Å². The molecule has 0 aromatic rings. The molecule has 1 heterocycles. The summed E-state index contributed by atoms with van der Waals surface area (Å²) in [5.74, 6) is 1.80. The first-order chi connectivity index (χ1) is 6.61. The molecule has 2 heteroatoms. The fourth-order valence-electron chi connectivity index (χ4n) is 3.00. The predicted octanol–water partition coefficient (Wildman–Crippen LogP) is 3.87. The normalized spacial score (nSPS) is 33.0. The fourth-order valence-corrected chi connectivity index (χ4v) is 3.75. The van der Waals surface area contributed by atoms with Gasteiger partial charge in [-0.05, 0) is 42.9 Å². The Morgan fingerprint density at radius 1 is 1.29 bits per heavy atom. The van der Waals surface area contributed by atoms with Gasteiger partial charge in [0, 0.05) is 36.0 Å². The van der Waals surface area contributed by atoms with Crippen molar-refractivity contribution in [3.63, 3.8) is 0 Å². The molecule has 1 atom stereocenters. The Kier molecular flexibility index (Phi) is 3.42. The Morgan fingerprint density at radius 3 is 2.50 bits per heavy atom. The first-order valence-corrected chi connectivity index (χ1v) is 6.99. The summed E-state index contributed by atoms with van der Waals surface area (Å²) in [6.45, 7) is 7.43. The summed E-state index contributed by atoms with van der Waals surface area (Å²) in [5, 5.41) is 0. The molecule has 2 rings (SSSR count). The number of halogens is 1. The van der Waals surface area contributed by atoms with E-state index in [9.17, 15) is 0 Å². The van der Waals surface area contributed by atoms with Crippen molar-refractivity contribution in [2.24, 2.45) is 17.3 Å². The van der Waals surface area contributed by atoms with Crippen LogP contribution in [0.4, 0.5) is 0 Å². The highest BCUT2D eigenvalue weighted by atomic mass is 127. The first kappa shape index (κ1) is 11.2. The molecule has 0 amide bonds. The van der Waals surface area contributed by atoms with Gasteiger partial charge < -0.3 is 0 Å². The summed E-state index contributed by atoms with van der Waals surface area (Å²) >= 11 is 2.52. The van der Waals surface area contributed by atoms with Crippen LogP contribution in [0.5, 0.6) is 0 Å². The molecule has 1 aliphatic carbocycles. The number of hydrogen-bond donors (Lipinski definition) is 0. The van der Waals surface area contributed by atoms with Gasteiger partial charge in [-0.3, -0.25) is 0 Å². The van der Waals surface area contributed by atoms with Gasteiger partial charge in [0.15, 0.2) is 0 Å². The van der Waals surface area contributed by atoms with Crippen molar-refractivity contribution in [3.05, 3.63) is 0 Å². The first-order valence-electron chi connectivity index (χ1n) is 6.02. The van der Waals surface area contributed by atoms with Crippen LogP contribution in [0.15, 0.2) is 0 Å². The van der Waals surface area contributed by atoms with Crippen molar-refractivity contribution in [1.29, 1.82) is 0 Å². The SMILES string of the molecule is CC(C)[C@H]1CN(I)CCC2(CCC2)C1. The zero-order valence-electron chi connectivity index (χ0n) is 9.43. The summed E-state index contributed by atoms with van der Waals surface area (Å²) < 4.78 is 2.52. The second-order valence-corrected chi connectivity index (χ2v) is 7.05. The summed E-state index contributed by atoms with van der Waals surface area (Å²) in [4.78, 5) is 0. The zero-order valence-corrected chi connectivity index (χ0v) is 11.6. The third-order valence-electron chi connectivity index (χ3n) is 4.37. The van der Waals surface area contributed by atoms with E-state index < -0.39 is 0 Å². The van der Waals surface area contributed by atoms with E-state index in [-0.39, 0.29) is 0 Å². The Hall–Kier alpha value is 0.690. The second kappa shape index (κ2) is 4.28. The summed E-state index contributed by atoms with van der Waals surface area (Å²) in [7, 11) is 0. The molecule has 1 nitrogen and oxygen atoms in total. The van der Waals surface area contributed by atoms with E-state index in [1.807, 2.05) is 0 Å². The van der Waals surface area contributed by atoms with E-state index in [2.05, 4.69) is 39.8 Å². The minimum absolute atomic E-state index is 0.773. The van der Waals surface area contributed by atoms with Gasteiger partial charge in [0.25, 0.3) is 0 Å². The molecule has 2 aliphatic rings. The molecule has 14 heavy (non-hydrogen) atoms. The Bertz CT molecular complexity index is 198. The van der Waals surface area contributed by atoms with Crippen molar-refractivity contribution in [2.45, 2.75) is 46.0 Å². The van der Waals surface area contributed by atoms with Gasteiger partial charge in [-0.15, -0.1) is 0 Å². The highest BCUT2D eigenvalue weighted by molar-refractivity contribution is 14.1. The monoisotopic (exact) mass is 307 g/mol. The van der Waals surface area contributed by atoms with Crippen molar-refractivity contribution in [2.75, 3.05) is 13.1 Å². The number of rotatable bonds is 1. The van der Waals surface area contributed by atoms with Gasteiger partial charge in [-0.2, -0.15) is 0 Å². The van der Waals surface area contributed by atoms with Crippen LogP contribution >= 0.6 is 22.9 Å². The molecule has 1 aliphatic heterocycles.